The Kier molecular flexibility index (Phi) is 1.73. The van der Waals surface area contributed by atoms with Crippen LogP contribution in [0.2, 0.25) is 0 Å². The third kappa shape index (κ3) is 1.07. The molecular weight excluding hydrogens is 176 g/mol. The molecule has 0 aliphatic heterocycles. The first-order valence-electron chi connectivity index (χ1n) is 5.70. The van der Waals surface area contributed by atoms with Crippen LogP contribution in [0.3, 0.4) is 0 Å². The highest BCUT2D eigenvalue weighted by Gasteiger charge is 2.57. The molecule has 14 heavy (non-hydrogen) atoms. The Morgan fingerprint density at radius 1 is 1.21 bits per heavy atom. The first kappa shape index (κ1) is 8.78. The number of hydrogen-bond acceptors (Lipinski definition) is 2. The van der Waals surface area contributed by atoms with E-state index in [0.717, 1.165) is 24.7 Å². The standard InChI is InChI=1S/C12H18O2/c1-2-14-11-10-4-8-3-9(5-10)7-12(11,13)6-8/h2,8-11,13H,1,3-7H2. The average Bonchev–Trinajstić information content (AvgIpc) is 2.09. The minimum absolute atomic E-state index is 0.0350. The summed E-state index contributed by atoms with van der Waals surface area (Å²) in [7, 11) is 0. The van der Waals surface area contributed by atoms with Crippen molar-refractivity contribution >= 4 is 0 Å². The highest BCUT2D eigenvalue weighted by Crippen LogP contribution is 2.56. The van der Waals surface area contributed by atoms with E-state index in [-0.39, 0.29) is 6.10 Å². The van der Waals surface area contributed by atoms with Gasteiger partial charge in [-0.1, -0.05) is 6.58 Å². The molecule has 0 heterocycles. The maximum Gasteiger partial charge on any atom is 0.129 e. The molecule has 0 aromatic rings. The first-order chi connectivity index (χ1) is 6.71. The van der Waals surface area contributed by atoms with Gasteiger partial charge in [-0.3, -0.25) is 0 Å². The number of ether oxygens (including phenoxy) is 1. The van der Waals surface area contributed by atoms with Gasteiger partial charge in [-0.2, -0.15) is 0 Å². The Bertz CT molecular complexity index is 247. The lowest BCUT2D eigenvalue weighted by Gasteiger charge is -2.57. The molecule has 0 radical (unpaired) electrons. The van der Waals surface area contributed by atoms with Crippen LogP contribution in [0.5, 0.6) is 0 Å². The van der Waals surface area contributed by atoms with Crippen LogP contribution in [0.1, 0.15) is 32.1 Å². The van der Waals surface area contributed by atoms with Crippen LogP contribution in [-0.4, -0.2) is 16.8 Å². The second-order valence-electron chi connectivity index (χ2n) is 5.43. The molecule has 2 nitrogen and oxygen atoms in total. The fraction of sp³-hybridized carbons (Fsp3) is 0.833. The van der Waals surface area contributed by atoms with Crippen molar-refractivity contribution in [2.75, 3.05) is 0 Å². The largest absolute Gasteiger partial charge is 0.495 e. The lowest BCUT2D eigenvalue weighted by atomic mass is 9.53. The Morgan fingerprint density at radius 3 is 2.36 bits per heavy atom. The van der Waals surface area contributed by atoms with Crippen LogP contribution in [-0.2, 0) is 4.74 Å². The number of hydrogen-bond donors (Lipinski definition) is 1. The summed E-state index contributed by atoms with van der Waals surface area (Å²) in [5.74, 6) is 2.12. The summed E-state index contributed by atoms with van der Waals surface area (Å²) in [5.41, 5.74) is -0.525. The number of rotatable bonds is 2. The lowest BCUT2D eigenvalue weighted by molar-refractivity contribution is -0.205. The van der Waals surface area contributed by atoms with Crippen molar-refractivity contribution in [3.8, 4) is 0 Å². The van der Waals surface area contributed by atoms with Gasteiger partial charge in [0.2, 0.25) is 0 Å². The summed E-state index contributed by atoms with van der Waals surface area (Å²) in [6.07, 6.45) is 7.32. The normalized spacial score (nSPS) is 54.6. The lowest BCUT2D eigenvalue weighted by Crippen LogP contribution is -2.60. The van der Waals surface area contributed by atoms with E-state index in [9.17, 15) is 5.11 Å². The Morgan fingerprint density at radius 2 is 1.86 bits per heavy atom. The molecule has 4 fully saturated rings. The van der Waals surface area contributed by atoms with Crippen molar-refractivity contribution in [3.05, 3.63) is 12.8 Å². The van der Waals surface area contributed by atoms with E-state index in [2.05, 4.69) is 6.58 Å². The Hall–Kier alpha value is -0.500. The quantitative estimate of drug-likeness (QED) is 0.682. The summed E-state index contributed by atoms with van der Waals surface area (Å²) in [6, 6.07) is 0. The SMILES string of the molecule is C=COC1C2CC3CC(C2)CC1(O)C3. The molecule has 3 atom stereocenters. The van der Waals surface area contributed by atoms with Crippen LogP contribution in [0.15, 0.2) is 12.8 Å². The van der Waals surface area contributed by atoms with Crippen molar-refractivity contribution < 1.29 is 9.84 Å². The summed E-state index contributed by atoms with van der Waals surface area (Å²) in [6.45, 7) is 3.61. The molecule has 4 rings (SSSR count). The van der Waals surface area contributed by atoms with E-state index in [1.165, 1.54) is 25.5 Å². The molecule has 0 saturated heterocycles. The van der Waals surface area contributed by atoms with Gasteiger partial charge in [-0.25, -0.2) is 0 Å². The van der Waals surface area contributed by atoms with Crippen LogP contribution in [0, 0.1) is 17.8 Å². The topological polar surface area (TPSA) is 29.5 Å². The minimum Gasteiger partial charge on any atom is -0.495 e. The third-order valence-corrected chi connectivity index (χ3v) is 4.42. The van der Waals surface area contributed by atoms with Crippen LogP contribution >= 0.6 is 0 Å². The molecule has 2 heteroatoms. The predicted molar refractivity (Wildman–Crippen MR) is 53.6 cm³/mol. The van der Waals surface area contributed by atoms with E-state index in [4.69, 9.17) is 4.74 Å². The molecule has 1 N–H and O–H groups in total. The van der Waals surface area contributed by atoms with Crippen molar-refractivity contribution in [1.82, 2.24) is 0 Å². The first-order valence-corrected chi connectivity index (χ1v) is 5.70. The van der Waals surface area contributed by atoms with Gasteiger partial charge in [0.15, 0.2) is 0 Å². The Labute approximate surface area is 85.0 Å². The monoisotopic (exact) mass is 194 g/mol. The van der Waals surface area contributed by atoms with Crippen molar-refractivity contribution in [3.63, 3.8) is 0 Å². The molecule has 0 aromatic carbocycles. The molecule has 0 amide bonds. The minimum atomic E-state index is -0.525. The van der Waals surface area contributed by atoms with Gasteiger partial charge in [0.1, 0.15) is 11.7 Å². The van der Waals surface area contributed by atoms with Gasteiger partial charge in [-0.05, 0) is 49.9 Å². The molecule has 0 spiro atoms. The van der Waals surface area contributed by atoms with Crippen LogP contribution < -0.4 is 0 Å². The summed E-state index contributed by atoms with van der Waals surface area (Å²) < 4.78 is 5.54. The van der Waals surface area contributed by atoms with Crippen LogP contribution in [0.25, 0.3) is 0 Å². The third-order valence-electron chi connectivity index (χ3n) is 4.42. The van der Waals surface area contributed by atoms with Gasteiger partial charge >= 0.3 is 0 Å². The van der Waals surface area contributed by atoms with Gasteiger partial charge in [0.25, 0.3) is 0 Å². The zero-order valence-electron chi connectivity index (χ0n) is 8.48. The highest BCUT2D eigenvalue weighted by molar-refractivity contribution is 5.08. The van der Waals surface area contributed by atoms with E-state index >= 15 is 0 Å². The average molecular weight is 194 g/mol. The molecule has 4 bridgehead atoms. The second-order valence-corrected chi connectivity index (χ2v) is 5.43. The molecule has 3 unspecified atom stereocenters. The van der Waals surface area contributed by atoms with E-state index in [1.54, 1.807) is 0 Å². The van der Waals surface area contributed by atoms with E-state index in [1.807, 2.05) is 0 Å². The van der Waals surface area contributed by atoms with E-state index in [0.29, 0.717) is 5.92 Å². The molecule has 4 saturated carbocycles. The number of aliphatic hydroxyl groups is 1. The van der Waals surface area contributed by atoms with Crippen molar-refractivity contribution in [2.24, 2.45) is 17.8 Å². The van der Waals surface area contributed by atoms with Gasteiger partial charge in [0, 0.05) is 0 Å². The zero-order chi connectivity index (χ0) is 9.76. The molecule has 4 aliphatic carbocycles. The van der Waals surface area contributed by atoms with Gasteiger partial charge < -0.3 is 9.84 Å². The van der Waals surface area contributed by atoms with Crippen molar-refractivity contribution in [2.45, 2.75) is 43.8 Å². The maximum atomic E-state index is 10.5. The van der Waals surface area contributed by atoms with Crippen molar-refractivity contribution in [1.29, 1.82) is 0 Å². The summed E-state index contributed by atoms with van der Waals surface area (Å²) in [5, 5.41) is 10.5. The van der Waals surface area contributed by atoms with Crippen LogP contribution in [0.4, 0.5) is 0 Å². The van der Waals surface area contributed by atoms with Gasteiger partial charge in [0.05, 0.1) is 6.26 Å². The smallest absolute Gasteiger partial charge is 0.129 e. The molecular formula is C12H18O2. The molecule has 0 aromatic heterocycles. The second kappa shape index (κ2) is 2.75. The predicted octanol–water partition coefficient (Wildman–Crippen LogP) is 2.09. The molecule has 78 valence electrons. The van der Waals surface area contributed by atoms with Gasteiger partial charge in [-0.15, -0.1) is 0 Å². The molecule has 4 aliphatic rings. The Balaban J connectivity index is 1.89. The summed E-state index contributed by atoms with van der Waals surface area (Å²) >= 11 is 0. The maximum absolute atomic E-state index is 10.5. The summed E-state index contributed by atoms with van der Waals surface area (Å²) in [4.78, 5) is 0. The zero-order valence-corrected chi connectivity index (χ0v) is 8.48. The van der Waals surface area contributed by atoms with E-state index < -0.39 is 5.60 Å². The fourth-order valence-electron chi connectivity index (χ4n) is 4.29. The highest BCUT2D eigenvalue weighted by atomic mass is 16.5. The fourth-order valence-corrected chi connectivity index (χ4v) is 4.29.